The first-order chi connectivity index (χ1) is 10.7. The Kier molecular flexibility index (Phi) is 6.52. The molecule has 1 aromatic rings. The Morgan fingerprint density at radius 3 is 2.59 bits per heavy atom. The molecule has 0 aromatic heterocycles. The third-order valence-electron chi connectivity index (χ3n) is 3.68. The summed E-state index contributed by atoms with van der Waals surface area (Å²) in [5, 5.41) is 6.75. The van der Waals surface area contributed by atoms with Crippen LogP contribution in [-0.4, -0.2) is 38.9 Å². The van der Waals surface area contributed by atoms with E-state index in [-0.39, 0.29) is 0 Å². The van der Waals surface area contributed by atoms with Crippen LogP contribution in [0.25, 0.3) is 0 Å². The van der Waals surface area contributed by atoms with Crippen LogP contribution in [0, 0.1) is 5.92 Å². The number of rotatable bonds is 8. The summed E-state index contributed by atoms with van der Waals surface area (Å²) in [7, 11) is 1.67. The van der Waals surface area contributed by atoms with E-state index in [1.807, 2.05) is 12.1 Å². The van der Waals surface area contributed by atoms with Crippen LogP contribution in [0.5, 0.6) is 5.75 Å². The number of aliphatic imine (C=N–C) groups is 1. The van der Waals surface area contributed by atoms with Gasteiger partial charge in [-0.25, -0.2) is 4.99 Å². The van der Waals surface area contributed by atoms with E-state index >= 15 is 0 Å². The summed E-state index contributed by atoms with van der Waals surface area (Å²) < 4.78 is 10.5. The maximum Gasteiger partial charge on any atom is 0.191 e. The number of hydrogen-bond donors (Lipinski definition) is 2. The Bertz CT molecular complexity index is 473. The molecule has 122 valence electrons. The van der Waals surface area contributed by atoms with E-state index in [1.54, 1.807) is 7.11 Å². The summed E-state index contributed by atoms with van der Waals surface area (Å²) >= 11 is 0. The minimum atomic E-state index is 0.571. The van der Waals surface area contributed by atoms with E-state index < -0.39 is 0 Å². The molecule has 2 N–H and O–H groups in total. The fraction of sp³-hybridized carbons (Fsp3) is 0.588. The zero-order valence-electron chi connectivity index (χ0n) is 13.8. The standard InChI is InChI=1S/C17H27N3O2/c1-4-18-17(20-16-11-13(16)2)19-12-14-5-7-15(8-6-14)22-10-9-21-3/h5-8,13,16H,4,9-12H2,1-3H3,(H2,18,19,20). The van der Waals surface area contributed by atoms with Gasteiger partial charge in [-0.2, -0.15) is 0 Å². The average Bonchev–Trinajstić information content (AvgIpc) is 3.22. The summed E-state index contributed by atoms with van der Waals surface area (Å²) in [5.74, 6) is 2.52. The first-order valence-corrected chi connectivity index (χ1v) is 7.98. The number of benzene rings is 1. The lowest BCUT2D eigenvalue weighted by atomic mass is 10.2. The van der Waals surface area contributed by atoms with Gasteiger partial charge in [0.25, 0.3) is 0 Å². The molecule has 0 heterocycles. The van der Waals surface area contributed by atoms with E-state index in [4.69, 9.17) is 9.47 Å². The zero-order valence-corrected chi connectivity index (χ0v) is 13.8. The molecule has 0 aliphatic heterocycles. The highest BCUT2D eigenvalue weighted by molar-refractivity contribution is 5.80. The molecule has 1 aromatic carbocycles. The van der Waals surface area contributed by atoms with E-state index in [2.05, 4.69) is 41.6 Å². The third-order valence-corrected chi connectivity index (χ3v) is 3.68. The molecule has 1 aliphatic rings. The topological polar surface area (TPSA) is 54.9 Å². The molecule has 2 atom stereocenters. The average molecular weight is 305 g/mol. The summed E-state index contributed by atoms with van der Waals surface area (Å²) in [4.78, 5) is 4.64. The molecule has 2 rings (SSSR count). The van der Waals surface area contributed by atoms with Crippen molar-refractivity contribution >= 4 is 5.96 Å². The predicted molar refractivity (Wildman–Crippen MR) is 89.3 cm³/mol. The van der Waals surface area contributed by atoms with Crippen molar-refractivity contribution in [2.24, 2.45) is 10.9 Å². The minimum absolute atomic E-state index is 0.571. The highest BCUT2D eigenvalue weighted by Gasteiger charge is 2.33. The van der Waals surface area contributed by atoms with Crippen LogP contribution in [0.3, 0.4) is 0 Å². The quantitative estimate of drug-likeness (QED) is 0.439. The molecule has 0 bridgehead atoms. The molecular weight excluding hydrogens is 278 g/mol. The van der Waals surface area contributed by atoms with Crippen molar-refractivity contribution in [1.29, 1.82) is 0 Å². The molecule has 0 spiro atoms. The Labute approximate surface area is 133 Å². The molecule has 1 fully saturated rings. The van der Waals surface area contributed by atoms with Crippen molar-refractivity contribution in [2.45, 2.75) is 32.9 Å². The second-order valence-corrected chi connectivity index (χ2v) is 5.64. The summed E-state index contributed by atoms with van der Waals surface area (Å²) in [6.45, 7) is 7.04. The number of guanidine groups is 1. The van der Waals surface area contributed by atoms with E-state index in [0.29, 0.717) is 25.8 Å². The van der Waals surface area contributed by atoms with Gasteiger partial charge in [0.15, 0.2) is 5.96 Å². The van der Waals surface area contributed by atoms with Gasteiger partial charge in [-0.15, -0.1) is 0 Å². The van der Waals surface area contributed by atoms with Crippen LogP contribution in [0.15, 0.2) is 29.3 Å². The summed E-state index contributed by atoms with van der Waals surface area (Å²) in [6.07, 6.45) is 1.23. The molecule has 5 heteroatoms. The Hall–Kier alpha value is -1.75. The van der Waals surface area contributed by atoms with Crippen molar-refractivity contribution in [1.82, 2.24) is 10.6 Å². The lowest BCUT2D eigenvalue weighted by Gasteiger charge is -2.11. The Morgan fingerprint density at radius 2 is 2.00 bits per heavy atom. The molecule has 2 unspecified atom stereocenters. The van der Waals surface area contributed by atoms with E-state index in [9.17, 15) is 0 Å². The monoisotopic (exact) mass is 305 g/mol. The predicted octanol–water partition coefficient (Wildman–Crippen LogP) is 2.18. The third kappa shape index (κ3) is 5.56. The molecule has 0 amide bonds. The van der Waals surface area contributed by atoms with Crippen LogP contribution in [0.2, 0.25) is 0 Å². The van der Waals surface area contributed by atoms with Gasteiger partial charge < -0.3 is 20.1 Å². The maximum absolute atomic E-state index is 5.55. The first kappa shape index (κ1) is 16.6. The van der Waals surface area contributed by atoms with Crippen LogP contribution in [-0.2, 0) is 11.3 Å². The number of nitrogens with zero attached hydrogens (tertiary/aromatic N) is 1. The SMILES string of the molecule is CCNC(=NCc1ccc(OCCOC)cc1)NC1CC1C. The molecule has 1 aliphatic carbocycles. The van der Waals surface area contributed by atoms with Gasteiger partial charge in [0.2, 0.25) is 0 Å². The van der Waals surface area contributed by atoms with Crippen molar-refractivity contribution in [3.63, 3.8) is 0 Å². The van der Waals surface area contributed by atoms with Gasteiger partial charge in [0, 0.05) is 19.7 Å². The minimum Gasteiger partial charge on any atom is -0.491 e. The number of methoxy groups -OCH3 is 1. The van der Waals surface area contributed by atoms with Crippen LogP contribution >= 0.6 is 0 Å². The molecule has 0 radical (unpaired) electrons. The van der Waals surface area contributed by atoms with Crippen LogP contribution in [0.1, 0.15) is 25.8 Å². The highest BCUT2D eigenvalue weighted by Crippen LogP contribution is 2.28. The lowest BCUT2D eigenvalue weighted by molar-refractivity contribution is 0.146. The van der Waals surface area contributed by atoms with E-state index in [0.717, 1.165) is 24.2 Å². The second-order valence-electron chi connectivity index (χ2n) is 5.64. The van der Waals surface area contributed by atoms with Crippen LogP contribution in [0.4, 0.5) is 0 Å². The smallest absolute Gasteiger partial charge is 0.191 e. The first-order valence-electron chi connectivity index (χ1n) is 7.98. The lowest BCUT2D eigenvalue weighted by Crippen LogP contribution is -2.39. The molecule has 22 heavy (non-hydrogen) atoms. The largest absolute Gasteiger partial charge is 0.491 e. The maximum atomic E-state index is 5.55. The normalized spacial score (nSPS) is 20.6. The molecule has 1 saturated carbocycles. The van der Waals surface area contributed by atoms with Crippen molar-refractivity contribution in [3.05, 3.63) is 29.8 Å². The van der Waals surface area contributed by atoms with Crippen LogP contribution < -0.4 is 15.4 Å². The highest BCUT2D eigenvalue weighted by atomic mass is 16.5. The van der Waals surface area contributed by atoms with Gasteiger partial charge in [0.1, 0.15) is 12.4 Å². The van der Waals surface area contributed by atoms with Gasteiger partial charge in [-0.1, -0.05) is 19.1 Å². The number of ether oxygens (including phenoxy) is 2. The molecular formula is C17H27N3O2. The van der Waals surface area contributed by atoms with Crippen molar-refractivity contribution < 1.29 is 9.47 Å². The Morgan fingerprint density at radius 1 is 1.27 bits per heavy atom. The van der Waals surface area contributed by atoms with Gasteiger partial charge in [-0.3, -0.25) is 0 Å². The zero-order chi connectivity index (χ0) is 15.8. The van der Waals surface area contributed by atoms with Gasteiger partial charge in [-0.05, 0) is 37.0 Å². The van der Waals surface area contributed by atoms with E-state index in [1.165, 1.54) is 12.0 Å². The Balaban J connectivity index is 1.83. The fourth-order valence-corrected chi connectivity index (χ4v) is 2.12. The van der Waals surface area contributed by atoms with Crippen molar-refractivity contribution in [3.8, 4) is 5.75 Å². The molecule has 0 saturated heterocycles. The molecule has 5 nitrogen and oxygen atoms in total. The second kappa shape index (κ2) is 8.63. The number of hydrogen-bond acceptors (Lipinski definition) is 3. The summed E-state index contributed by atoms with van der Waals surface area (Å²) in [6, 6.07) is 8.63. The van der Waals surface area contributed by atoms with Crippen molar-refractivity contribution in [2.75, 3.05) is 26.9 Å². The van der Waals surface area contributed by atoms with Gasteiger partial charge in [0.05, 0.1) is 13.2 Å². The fourth-order valence-electron chi connectivity index (χ4n) is 2.12. The van der Waals surface area contributed by atoms with Gasteiger partial charge >= 0.3 is 0 Å². The number of nitrogens with one attached hydrogen (secondary N) is 2. The summed E-state index contributed by atoms with van der Waals surface area (Å²) in [5.41, 5.74) is 1.17.